The molecular formula is C22H22N4O. The lowest BCUT2D eigenvalue weighted by Crippen LogP contribution is -2.39. The molecule has 1 fully saturated rings. The van der Waals surface area contributed by atoms with Crippen LogP contribution in [0.5, 0.6) is 0 Å². The van der Waals surface area contributed by atoms with Crippen LogP contribution in [0.25, 0.3) is 11.4 Å². The number of aromatic nitrogens is 3. The van der Waals surface area contributed by atoms with E-state index in [0.29, 0.717) is 17.3 Å². The number of rotatable bonds is 3. The highest BCUT2D eigenvalue weighted by atomic mass is 16.2. The van der Waals surface area contributed by atoms with Gasteiger partial charge in [-0.3, -0.25) is 9.78 Å². The van der Waals surface area contributed by atoms with Gasteiger partial charge < -0.3 is 4.90 Å². The number of likely N-dealkylation sites (tertiary alicyclic amines) is 1. The molecule has 0 aliphatic carbocycles. The summed E-state index contributed by atoms with van der Waals surface area (Å²) in [6, 6.07) is 12.2. The van der Waals surface area contributed by atoms with E-state index < -0.39 is 0 Å². The van der Waals surface area contributed by atoms with Gasteiger partial charge in [-0.2, -0.15) is 0 Å². The van der Waals surface area contributed by atoms with Crippen LogP contribution in [0.2, 0.25) is 0 Å². The summed E-state index contributed by atoms with van der Waals surface area (Å²) in [6.45, 7) is 3.67. The highest BCUT2D eigenvalue weighted by molar-refractivity contribution is 5.93. The molecule has 4 rings (SSSR count). The van der Waals surface area contributed by atoms with E-state index in [9.17, 15) is 4.79 Å². The van der Waals surface area contributed by atoms with Gasteiger partial charge in [0, 0.05) is 49.4 Å². The molecule has 0 bridgehead atoms. The molecule has 0 radical (unpaired) electrons. The van der Waals surface area contributed by atoms with E-state index in [-0.39, 0.29) is 5.91 Å². The van der Waals surface area contributed by atoms with Crippen LogP contribution in [0.3, 0.4) is 0 Å². The van der Waals surface area contributed by atoms with E-state index in [2.05, 4.69) is 46.1 Å². The fourth-order valence-corrected chi connectivity index (χ4v) is 3.73. The van der Waals surface area contributed by atoms with Crippen molar-refractivity contribution in [3.8, 4) is 11.4 Å². The van der Waals surface area contributed by atoms with Crippen molar-refractivity contribution >= 4 is 5.91 Å². The van der Waals surface area contributed by atoms with Gasteiger partial charge in [0.25, 0.3) is 5.91 Å². The second kappa shape index (κ2) is 7.66. The molecule has 0 saturated carbocycles. The second-order valence-electron chi connectivity index (χ2n) is 6.98. The minimum atomic E-state index is 0.00557. The van der Waals surface area contributed by atoms with Crippen molar-refractivity contribution in [2.75, 3.05) is 13.1 Å². The summed E-state index contributed by atoms with van der Waals surface area (Å²) in [5.41, 5.74) is 4.02. The van der Waals surface area contributed by atoms with E-state index in [0.717, 1.165) is 31.5 Å². The highest BCUT2D eigenvalue weighted by Gasteiger charge is 2.26. The molecule has 1 aromatic carbocycles. The minimum Gasteiger partial charge on any atom is -0.338 e. The van der Waals surface area contributed by atoms with Crippen molar-refractivity contribution in [3.05, 3.63) is 77.9 Å². The molecule has 1 atom stereocenters. The Labute approximate surface area is 159 Å². The standard InChI is InChI=1S/C22H22N4O/c1-16-6-2-3-9-20(16)18-8-5-11-26(15-18)22(27)19-13-24-21(25-14-19)17-7-4-10-23-12-17/h2-4,6-7,9-10,12-14,18H,5,8,11,15H2,1H3/t18-/m1/s1. The van der Waals surface area contributed by atoms with Gasteiger partial charge in [-0.15, -0.1) is 0 Å². The van der Waals surface area contributed by atoms with Crippen LogP contribution >= 0.6 is 0 Å². The molecule has 5 nitrogen and oxygen atoms in total. The average Bonchev–Trinajstić information content (AvgIpc) is 2.74. The number of benzene rings is 1. The predicted molar refractivity (Wildman–Crippen MR) is 104 cm³/mol. The molecule has 2 aromatic heterocycles. The molecule has 5 heteroatoms. The van der Waals surface area contributed by atoms with Gasteiger partial charge in [-0.05, 0) is 43.0 Å². The van der Waals surface area contributed by atoms with Crippen LogP contribution in [0.4, 0.5) is 0 Å². The van der Waals surface area contributed by atoms with Crippen molar-refractivity contribution < 1.29 is 4.79 Å². The van der Waals surface area contributed by atoms with E-state index in [4.69, 9.17) is 0 Å². The van der Waals surface area contributed by atoms with Crippen LogP contribution in [0.1, 0.15) is 40.2 Å². The third-order valence-corrected chi connectivity index (χ3v) is 5.16. The zero-order valence-electron chi connectivity index (χ0n) is 15.4. The summed E-state index contributed by atoms with van der Waals surface area (Å²) >= 11 is 0. The number of hydrogen-bond acceptors (Lipinski definition) is 4. The lowest BCUT2D eigenvalue weighted by atomic mass is 9.88. The summed E-state index contributed by atoms with van der Waals surface area (Å²) in [6.07, 6.45) is 8.80. The van der Waals surface area contributed by atoms with Gasteiger partial charge in [0.1, 0.15) is 0 Å². The van der Waals surface area contributed by atoms with Gasteiger partial charge in [0.2, 0.25) is 0 Å². The van der Waals surface area contributed by atoms with Gasteiger partial charge in [-0.25, -0.2) is 9.97 Å². The van der Waals surface area contributed by atoms with Gasteiger partial charge in [-0.1, -0.05) is 24.3 Å². The lowest BCUT2D eigenvalue weighted by molar-refractivity contribution is 0.0706. The van der Waals surface area contributed by atoms with Gasteiger partial charge >= 0.3 is 0 Å². The molecule has 1 amide bonds. The van der Waals surface area contributed by atoms with Gasteiger partial charge in [0.15, 0.2) is 5.82 Å². The number of pyridine rings is 1. The van der Waals surface area contributed by atoms with Crippen molar-refractivity contribution in [1.82, 2.24) is 19.9 Å². The molecule has 27 heavy (non-hydrogen) atoms. The number of nitrogens with zero attached hydrogens (tertiary/aromatic N) is 4. The highest BCUT2D eigenvalue weighted by Crippen LogP contribution is 2.29. The number of aryl methyl sites for hydroxylation is 1. The zero-order valence-corrected chi connectivity index (χ0v) is 15.4. The number of hydrogen-bond donors (Lipinski definition) is 0. The van der Waals surface area contributed by atoms with Crippen molar-refractivity contribution in [3.63, 3.8) is 0 Å². The molecular weight excluding hydrogens is 336 g/mol. The molecule has 0 spiro atoms. The fraction of sp³-hybridized carbons (Fsp3) is 0.273. The summed E-state index contributed by atoms with van der Waals surface area (Å²) in [5, 5.41) is 0. The van der Waals surface area contributed by atoms with E-state index in [1.807, 2.05) is 17.0 Å². The Kier molecular flexibility index (Phi) is 4.92. The van der Waals surface area contributed by atoms with Crippen LogP contribution in [-0.4, -0.2) is 38.8 Å². The Morgan fingerprint density at radius 2 is 1.89 bits per heavy atom. The van der Waals surface area contributed by atoms with Crippen molar-refractivity contribution in [2.24, 2.45) is 0 Å². The second-order valence-corrected chi connectivity index (χ2v) is 6.98. The van der Waals surface area contributed by atoms with Crippen molar-refractivity contribution in [2.45, 2.75) is 25.7 Å². The lowest BCUT2D eigenvalue weighted by Gasteiger charge is -2.33. The van der Waals surface area contributed by atoms with Crippen molar-refractivity contribution in [1.29, 1.82) is 0 Å². The zero-order chi connectivity index (χ0) is 18.6. The number of piperidine rings is 1. The first-order valence-corrected chi connectivity index (χ1v) is 9.29. The summed E-state index contributed by atoms with van der Waals surface area (Å²) in [5.74, 6) is 0.974. The van der Waals surface area contributed by atoms with Crippen LogP contribution in [-0.2, 0) is 0 Å². The Morgan fingerprint density at radius 3 is 2.63 bits per heavy atom. The normalized spacial score (nSPS) is 16.9. The van der Waals surface area contributed by atoms with E-state index in [1.54, 1.807) is 24.8 Å². The Balaban J connectivity index is 1.50. The molecule has 0 unspecified atom stereocenters. The monoisotopic (exact) mass is 358 g/mol. The molecule has 136 valence electrons. The fourth-order valence-electron chi connectivity index (χ4n) is 3.73. The van der Waals surface area contributed by atoms with Crippen LogP contribution in [0, 0.1) is 6.92 Å². The Morgan fingerprint density at radius 1 is 1.07 bits per heavy atom. The third-order valence-electron chi connectivity index (χ3n) is 5.16. The first-order chi connectivity index (χ1) is 13.2. The predicted octanol–water partition coefficient (Wildman–Crippen LogP) is 3.87. The summed E-state index contributed by atoms with van der Waals surface area (Å²) in [4.78, 5) is 27.7. The summed E-state index contributed by atoms with van der Waals surface area (Å²) in [7, 11) is 0. The average molecular weight is 358 g/mol. The van der Waals surface area contributed by atoms with Crippen LogP contribution in [0.15, 0.2) is 61.2 Å². The maximum absolute atomic E-state index is 12.9. The summed E-state index contributed by atoms with van der Waals surface area (Å²) < 4.78 is 0. The number of carbonyl (C=O) groups excluding carboxylic acids is 1. The number of carbonyl (C=O) groups is 1. The largest absolute Gasteiger partial charge is 0.338 e. The maximum atomic E-state index is 12.9. The van der Waals surface area contributed by atoms with Gasteiger partial charge in [0.05, 0.1) is 5.56 Å². The smallest absolute Gasteiger partial charge is 0.257 e. The Hall–Kier alpha value is -3.08. The number of amides is 1. The molecule has 1 saturated heterocycles. The molecule has 0 N–H and O–H groups in total. The SMILES string of the molecule is Cc1ccccc1[C@@H]1CCCN(C(=O)c2cnc(-c3cccnc3)nc2)C1. The van der Waals surface area contributed by atoms with E-state index >= 15 is 0 Å². The quantitative estimate of drug-likeness (QED) is 0.713. The molecule has 1 aliphatic heterocycles. The minimum absolute atomic E-state index is 0.00557. The van der Waals surface area contributed by atoms with E-state index in [1.165, 1.54) is 11.1 Å². The topological polar surface area (TPSA) is 59.0 Å². The maximum Gasteiger partial charge on any atom is 0.257 e. The molecule has 3 heterocycles. The molecule has 1 aliphatic rings. The first kappa shape index (κ1) is 17.3. The molecule has 3 aromatic rings. The first-order valence-electron chi connectivity index (χ1n) is 9.29. The van der Waals surface area contributed by atoms with Crippen LogP contribution < -0.4 is 0 Å². The Bertz CT molecular complexity index is 925. The third kappa shape index (κ3) is 3.72.